The number of benzene rings is 3. The summed E-state index contributed by atoms with van der Waals surface area (Å²) in [4.78, 5) is 24.7. The van der Waals surface area contributed by atoms with Crippen LogP contribution in [0.1, 0.15) is 69.4 Å². The quantitative estimate of drug-likeness (QED) is 0.199. The molecule has 3 rings (SSSR count). The van der Waals surface area contributed by atoms with Crippen molar-refractivity contribution in [2.75, 3.05) is 0 Å². The fraction of sp³-hybridized carbons (Fsp3) is 0.235. The monoisotopic (exact) mass is 534 g/mol. The molecule has 0 amide bonds. The Labute approximate surface area is 235 Å². The van der Waals surface area contributed by atoms with Crippen LogP contribution in [0.3, 0.4) is 0 Å². The van der Waals surface area contributed by atoms with E-state index in [1.54, 1.807) is 71.9 Å². The van der Waals surface area contributed by atoms with Gasteiger partial charge in [-0.05, 0) is 90.1 Å². The van der Waals surface area contributed by atoms with E-state index in [9.17, 15) is 9.59 Å². The first-order chi connectivity index (χ1) is 18.8. The standard InChI is InChI=1S/C34H30O6/c1-8-24-14-18-27(29(22-24)37-31(35)39-33(2,3)4)20-16-26-17-21-28(19-15-25-12-10-9-11-13-25)30(23-26)38-32(36)40-34(5,6)7/h1,9-14,17-18,21-23H,2-7H3. The Morgan fingerprint density at radius 1 is 0.600 bits per heavy atom. The van der Waals surface area contributed by atoms with Crippen molar-refractivity contribution in [1.29, 1.82) is 0 Å². The van der Waals surface area contributed by atoms with Crippen LogP contribution in [0.2, 0.25) is 0 Å². The van der Waals surface area contributed by atoms with Crippen molar-refractivity contribution >= 4 is 12.3 Å². The molecule has 0 heterocycles. The zero-order chi connectivity index (χ0) is 29.3. The lowest BCUT2D eigenvalue weighted by atomic mass is 10.1. The average Bonchev–Trinajstić information content (AvgIpc) is 2.85. The molecule has 3 aromatic carbocycles. The largest absolute Gasteiger partial charge is 0.514 e. The minimum Gasteiger partial charge on any atom is -0.428 e. The van der Waals surface area contributed by atoms with Crippen molar-refractivity contribution in [3.63, 3.8) is 0 Å². The normalized spacial score (nSPS) is 10.5. The van der Waals surface area contributed by atoms with E-state index in [0.29, 0.717) is 22.3 Å². The number of hydrogen-bond acceptors (Lipinski definition) is 6. The van der Waals surface area contributed by atoms with Crippen molar-refractivity contribution in [2.45, 2.75) is 52.7 Å². The maximum Gasteiger partial charge on any atom is 0.514 e. The second-order valence-electron chi connectivity index (χ2n) is 10.6. The Morgan fingerprint density at radius 2 is 1.05 bits per heavy atom. The van der Waals surface area contributed by atoms with Gasteiger partial charge in [-0.1, -0.05) is 47.8 Å². The Morgan fingerprint density at radius 3 is 1.52 bits per heavy atom. The predicted molar refractivity (Wildman–Crippen MR) is 153 cm³/mol. The molecule has 0 bridgehead atoms. The molecule has 6 nitrogen and oxygen atoms in total. The highest BCUT2D eigenvalue weighted by Crippen LogP contribution is 2.24. The Hall–Kier alpha value is -5.12. The first-order valence-corrected chi connectivity index (χ1v) is 12.5. The number of carbonyl (C=O) groups is 2. The predicted octanol–water partition coefficient (Wildman–Crippen LogP) is 7.10. The fourth-order valence-corrected chi connectivity index (χ4v) is 3.11. The third-order valence-corrected chi connectivity index (χ3v) is 4.75. The molecule has 40 heavy (non-hydrogen) atoms. The fourth-order valence-electron chi connectivity index (χ4n) is 3.11. The lowest BCUT2D eigenvalue weighted by molar-refractivity contribution is 0.0192. The van der Waals surface area contributed by atoms with Gasteiger partial charge in [0.1, 0.15) is 11.2 Å². The summed E-state index contributed by atoms with van der Waals surface area (Å²) in [5.41, 5.74) is 1.26. The van der Waals surface area contributed by atoms with E-state index < -0.39 is 23.5 Å². The van der Waals surface area contributed by atoms with Gasteiger partial charge in [-0.3, -0.25) is 0 Å². The van der Waals surface area contributed by atoms with Crippen LogP contribution in [0.15, 0.2) is 66.7 Å². The van der Waals surface area contributed by atoms with E-state index in [1.807, 2.05) is 30.3 Å². The van der Waals surface area contributed by atoms with Crippen molar-refractivity contribution in [3.05, 3.63) is 94.5 Å². The van der Waals surface area contributed by atoms with Crippen LogP contribution in [0, 0.1) is 36.0 Å². The minimum atomic E-state index is -0.876. The molecule has 0 aliphatic carbocycles. The molecule has 0 unspecified atom stereocenters. The van der Waals surface area contributed by atoms with Crippen LogP contribution >= 0.6 is 0 Å². The molecule has 6 heteroatoms. The molecule has 0 aromatic heterocycles. The van der Waals surface area contributed by atoms with Crippen molar-refractivity contribution in [3.8, 4) is 47.5 Å². The lowest BCUT2D eigenvalue weighted by Crippen LogP contribution is -2.26. The molecule has 0 fully saturated rings. The summed E-state index contributed by atoms with van der Waals surface area (Å²) in [6.45, 7) is 10.4. The van der Waals surface area contributed by atoms with Gasteiger partial charge in [-0.15, -0.1) is 6.42 Å². The summed E-state index contributed by atoms with van der Waals surface area (Å²) >= 11 is 0. The highest BCUT2D eigenvalue weighted by atomic mass is 16.7. The SMILES string of the molecule is C#Cc1ccc(C#Cc2ccc(C#Cc3ccccc3)c(OC(=O)OC(C)(C)C)c2)c(OC(=O)OC(C)(C)C)c1. The highest BCUT2D eigenvalue weighted by Gasteiger charge is 2.20. The van der Waals surface area contributed by atoms with Gasteiger partial charge < -0.3 is 18.9 Å². The van der Waals surface area contributed by atoms with E-state index in [2.05, 4.69) is 29.6 Å². The smallest absolute Gasteiger partial charge is 0.428 e. The van der Waals surface area contributed by atoms with E-state index in [-0.39, 0.29) is 11.5 Å². The van der Waals surface area contributed by atoms with Gasteiger partial charge in [-0.25, -0.2) is 9.59 Å². The highest BCUT2D eigenvalue weighted by molar-refractivity contribution is 5.68. The van der Waals surface area contributed by atoms with E-state index in [1.165, 1.54) is 6.07 Å². The Balaban J connectivity index is 1.97. The second-order valence-corrected chi connectivity index (χ2v) is 10.6. The number of hydrogen-bond donors (Lipinski definition) is 0. The minimum absolute atomic E-state index is 0.160. The van der Waals surface area contributed by atoms with Gasteiger partial charge in [-0.2, -0.15) is 0 Å². The number of ether oxygens (including phenoxy) is 4. The maximum absolute atomic E-state index is 12.4. The van der Waals surface area contributed by atoms with E-state index in [4.69, 9.17) is 25.4 Å². The second kappa shape index (κ2) is 12.6. The maximum atomic E-state index is 12.4. The van der Waals surface area contributed by atoms with Crippen LogP contribution in [0.5, 0.6) is 11.5 Å². The first-order valence-electron chi connectivity index (χ1n) is 12.5. The lowest BCUT2D eigenvalue weighted by Gasteiger charge is -2.19. The van der Waals surface area contributed by atoms with Gasteiger partial charge >= 0.3 is 12.3 Å². The van der Waals surface area contributed by atoms with Gasteiger partial charge in [0.05, 0.1) is 11.1 Å². The van der Waals surface area contributed by atoms with Gasteiger partial charge in [0, 0.05) is 16.7 Å². The summed E-state index contributed by atoms with van der Waals surface area (Å²) in [6.07, 6.45) is 3.78. The van der Waals surface area contributed by atoms with Crippen molar-refractivity contribution in [1.82, 2.24) is 0 Å². The Bertz CT molecular complexity index is 1560. The zero-order valence-corrected chi connectivity index (χ0v) is 23.4. The van der Waals surface area contributed by atoms with Crippen molar-refractivity contribution < 1.29 is 28.5 Å². The molecule has 0 radical (unpaired) electrons. The van der Waals surface area contributed by atoms with Crippen LogP contribution in [-0.4, -0.2) is 23.5 Å². The van der Waals surface area contributed by atoms with Crippen LogP contribution in [0.4, 0.5) is 9.59 Å². The molecule has 3 aromatic rings. The van der Waals surface area contributed by atoms with Crippen molar-refractivity contribution in [2.24, 2.45) is 0 Å². The molecule has 0 atom stereocenters. The van der Waals surface area contributed by atoms with Crippen LogP contribution < -0.4 is 9.47 Å². The number of rotatable bonds is 2. The third kappa shape index (κ3) is 9.64. The molecule has 0 N–H and O–H groups in total. The Kier molecular flexibility index (Phi) is 9.28. The van der Waals surface area contributed by atoms with Gasteiger partial charge in [0.25, 0.3) is 0 Å². The molecule has 0 aliphatic heterocycles. The van der Waals surface area contributed by atoms with E-state index in [0.717, 1.165) is 5.56 Å². The number of carbonyl (C=O) groups excluding carboxylic acids is 2. The summed E-state index contributed by atoms with van der Waals surface area (Å²) in [5.74, 6) is 15.0. The zero-order valence-electron chi connectivity index (χ0n) is 23.4. The molecule has 202 valence electrons. The average molecular weight is 535 g/mol. The first kappa shape index (κ1) is 29.4. The number of terminal acetylenes is 1. The molecular weight excluding hydrogens is 504 g/mol. The summed E-state index contributed by atoms with van der Waals surface area (Å²) in [6, 6.07) is 19.4. The molecular formula is C34H30O6. The molecule has 0 spiro atoms. The molecule has 0 saturated carbocycles. The topological polar surface area (TPSA) is 71.1 Å². The molecule has 0 aliphatic rings. The van der Waals surface area contributed by atoms with Crippen LogP contribution in [0.25, 0.3) is 0 Å². The van der Waals surface area contributed by atoms with E-state index >= 15 is 0 Å². The van der Waals surface area contributed by atoms with Gasteiger partial charge in [0.15, 0.2) is 11.5 Å². The van der Waals surface area contributed by atoms with Crippen LogP contribution in [-0.2, 0) is 9.47 Å². The molecule has 0 saturated heterocycles. The summed E-state index contributed by atoms with van der Waals surface area (Å²) in [7, 11) is 0. The summed E-state index contributed by atoms with van der Waals surface area (Å²) < 4.78 is 21.5. The summed E-state index contributed by atoms with van der Waals surface area (Å²) in [5, 5.41) is 0. The third-order valence-electron chi connectivity index (χ3n) is 4.75. The van der Waals surface area contributed by atoms with Gasteiger partial charge in [0.2, 0.25) is 0 Å².